The van der Waals surface area contributed by atoms with Gasteiger partial charge in [0.1, 0.15) is 11.8 Å². The van der Waals surface area contributed by atoms with Crippen LogP contribution in [0.3, 0.4) is 0 Å². The number of amides is 2. The molecule has 1 saturated carbocycles. The van der Waals surface area contributed by atoms with Crippen molar-refractivity contribution in [3.8, 4) is 11.3 Å². The molecule has 1 aromatic carbocycles. The van der Waals surface area contributed by atoms with E-state index in [9.17, 15) is 36.0 Å². The molecule has 0 bridgehead atoms. The summed E-state index contributed by atoms with van der Waals surface area (Å²) in [5.41, 5.74) is -0.727. The first-order valence-corrected chi connectivity index (χ1v) is 16.6. The topological polar surface area (TPSA) is 139 Å². The number of sulfonamides is 1. The van der Waals surface area contributed by atoms with E-state index in [1.165, 1.54) is 36.5 Å². The van der Waals surface area contributed by atoms with E-state index >= 15 is 0 Å². The second-order valence-corrected chi connectivity index (χ2v) is 13.7. The molecule has 1 aliphatic heterocycles. The van der Waals surface area contributed by atoms with Gasteiger partial charge in [-0.2, -0.15) is 17.5 Å². The lowest BCUT2D eigenvalue weighted by atomic mass is 9.97. The molecule has 0 radical (unpaired) electrons. The third-order valence-corrected chi connectivity index (χ3v) is 10.4. The van der Waals surface area contributed by atoms with Gasteiger partial charge in [-0.05, 0) is 68.5 Å². The maximum atomic E-state index is 13.6. The average Bonchev–Trinajstić information content (AvgIpc) is 3.72. The molecule has 1 saturated heterocycles. The molecule has 0 spiro atoms. The monoisotopic (exact) mass is 660 g/mol. The highest BCUT2D eigenvalue weighted by atomic mass is 32.2. The van der Waals surface area contributed by atoms with Gasteiger partial charge in [0.05, 0.1) is 18.2 Å². The third kappa shape index (κ3) is 7.66. The Hall–Kier alpha value is -4.04. The number of nitrogens with one attached hydrogen (secondary N) is 2. The molecule has 3 heterocycles. The highest BCUT2D eigenvalue weighted by Gasteiger charge is 2.38. The van der Waals surface area contributed by atoms with E-state index in [1.54, 1.807) is 19.1 Å². The van der Waals surface area contributed by atoms with Gasteiger partial charge in [-0.15, -0.1) is 0 Å². The molecular formula is C32H35F3N4O6S. The molecule has 3 aromatic rings. The van der Waals surface area contributed by atoms with Crippen LogP contribution in [-0.2, 0) is 25.8 Å². The summed E-state index contributed by atoms with van der Waals surface area (Å²) in [6.07, 6.45) is 1.35. The Labute approximate surface area is 264 Å². The van der Waals surface area contributed by atoms with Crippen molar-refractivity contribution < 1.29 is 40.4 Å². The Morgan fingerprint density at radius 2 is 1.80 bits per heavy atom. The second kappa shape index (κ2) is 13.8. The Balaban J connectivity index is 1.29. The summed E-state index contributed by atoms with van der Waals surface area (Å²) in [6.45, 7) is 1.24. The van der Waals surface area contributed by atoms with E-state index in [0.717, 1.165) is 42.1 Å². The van der Waals surface area contributed by atoms with Crippen LogP contribution >= 0.6 is 0 Å². The fourth-order valence-electron chi connectivity index (χ4n) is 6.00. The number of benzene rings is 1. The maximum absolute atomic E-state index is 13.6. The zero-order valence-electron chi connectivity index (χ0n) is 25.1. The number of halogens is 3. The standard InChI is InChI=1S/C32H35F3N4O6S/c1-20-12-13-24(26(40)19-39(20)46(43,44)29-11-4-5-16-36-29)37-30(41)25(17-21-7-2-3-8-21)38-31(42)28-15-14-27(45-28)22-9-6-10-23(18-22)32(33,34)35/h4-6,9-11,14-16,18,20-21,24-25H,2-3,7-8,12-13,17,19H2,1H3,(H,37,41)(H,38,42)/t20-,24+,25+/m1/s1. The van der Waals surface area contributed by atoms with Crippen molar-refractivity contribution in [1.29, 1.82) is 0 Å². The van der Waals surface area contributed by atoms with Crippen LogP contribution in [-0.4, -0.2) is 60.0 Å². The van der Waals surface area contributed by atoms with Gasteiger partial charge in [0, 0.05) is 17.8 Å². The molecule has 14 heteroatoms. The normalized spacial score (nSPS) is 20.7. The molecule has 246 valence electrons. The molecule has 2 fully saturated rings. The summed E-state index contributed by atoms with van der Waals surface area (Å²) in [6, 6.07) is 9.18. The SMILES string of the molecule is C[C@@H]1CC[C@H](NC(=O)[C@H](CC2CCCC2)NC(=O)c2ccc(-c3cccc(C(F)(F)F)c3)o2)C(=O)CN1S(=O)(=O)c1ccccn1. The number of alkyl halides is 3. The van der Waals surface area contributed by atoms with Gasteiger partial charge >= 0.3 is 6.18 Å². The van der Waals surface area contributed by atoms with Gasteiger partial charge in [-0.25, -0.2) is 13.4 Å². The van der Waals surface area contributed by atoms with Crippen molar-refractivity contribution in [2.24, 2.45) is 5.92 Å². The van der Waals surface area contributed by atoms with Gasteiger partial charge in [0.25, 0.3) is 15.9 Å². The molecule has 2 amide bonds. The van der Waals surface area contributed by atoms with E-state index in [0.29, 0.717) is 12.8 Å². The van der Waals surface area contributed by atoms with Crippen molar-refractivity contribution in [2.45, 2.75) is 81.2 Å². The number of Topliss-reactive ketones (excluding diaryl/α,β-unsaturated/α-hetero) is 1. The molecule has 2 aliphatic rings. The minimum Gasteiger partial charge on any atom is -0.451 e. The number of rotatable bonds is 9. The summed E-state index contributed by atoms with van der Waals surface area (Å²) in [5.74, 6) is -1.78. The van der Waals surface area contributed by atoms with E-state index in [-0.39, 0.29) is 34.4 Å². The summed E-state index contributed by atoms with van der Waals surface area (Å²) in [7, 11) is -4.06. The van der Waals surface area contributed by atoms with Crippen molar-refractivity contribution >= 4 is 27.6 Å². The Morgan fingerprint density at radius 1 is 1.04 bits per heavy atom. The lowest BCUT2D eigenvalue weighted by Gasteiger charge is -2.25. The predicted octanol–water partition coefficient (Wildman–Crippen LogP) is 4.97. The number of hydrogen-bond donors (Lipinski definition) is 2. The molecular weight excluding hydrogens is 625 g/mol. The van der Waals surface area contributed by atoms with E-state index in [4.69, 9.17) is 4.42 Å². The second-order valence-electron chi connectivity index (χ2n) is 11.8. The minimum atomic E-state index is -4.55. The third-order valence-electron chi connectivity index (χ3n) is 8.56. The van der Waals surface area contributed by atoms with Crippen molar-refractivity contribution in [2.75, 3.05) is 6.54 Å². The van der Waals surface area contributed by atoms with Crippen LogP contribution in [0, 0.1) is 5.92 Å². The molecule has 0 unspecified atom stereocenters. The van der Waals surface area contributed by atoms with E-state index < -0.39 is 64.0 Å². The van der Waals surface area contributed by atoms with Gasteiger partial charge in [-0.3, -0.25) is 14.4 Å². The minimum absolute atomic E-state index is 0.0522. The zero-order valence-corrected chi connectivity index (χ0v) is 25.9. The zero-order chi connectivity index (χ0) is 33.1. The van der Waals surface area contributed by atoms with Gasteiger partial charge in [0.15, 0.2) is 16.6 Å². The number of carbonyl (C=O) groups excluding carboxylic acids is 3. The smallest absolute Gasteiger partial charge is 0.416 e. The van der Waals surface area contributed by atoms with E-state index in [2.05, 4.69) is 15.6 Å². The molecule has 46 heavy (non-hydrogen) atoms. The average molecular weight is 661 g/mol. The van der Waals surface area contributed by atoms with Crippen LogP contribution in [0.4, 0.5) is 13.2 Å². The number of furan rings is 1. The molecule has 2 N–H and O–H groups in total. The number of aromatic nitrogens is 1. The molecule has 3 atom stereocenters. The number of pyridine rings is 1. The number of ketones is 1. The quantitative estimate of drug-likeness (QED) is 0.331. The van der Waals surface area contributed by atoms with Crippen LogP contribution in [0.5, 0.6) is 0 Å². The number of carbonyl (C=O) groups is 3. The summed E-state index contributed by atoms with van der Waals surface area (Å²) < 4.78 is 72.8. The Morgan fingerprint density at radius 3 is 2.50 bits per heavy atom. The fourth-order valence-corrected chi connectivity index (χ4v) is 7.56. The highest BCUT2D eigenvalue weighted by molar-refractivity contribution is 7.89. The largest absolute Gasteiger partial charge is 0.451 e. The number of nitrogens with zero attached hydrogens (tertiary/aromatic N) is 2. The first-order chi connectivity index (χ1) is 21.8. The lowest BCUT2D eigenvalue weighted by Crippen LogP contribution is -2.52. The van der Waals surface area contributed by atoms with Gasteiger partial charge < -0.3 is 15.1 Å². The predicted molar refractivity (Wildman–Crippen MR) is 161 cm³/mol. The Bertz CT molecular complexity index is 1670. The Kier molecular flexibility index (Phi) is 9.96. The molecule has 1 aliphatic carbocycles. The lowest BCUT2D eigenvalue weighted by molar-refractivity contribution is -0.137. The van der Waals surface area contributed by atoms with Crippen LogP contribution < -0.4 is 10.6 Å². The molecule has 2 aromatic heterocycles. The van der Waals surface area contributed by atoms with Crippen LogP contribution in [0.15, 0.2) is 70.2 Å². The summed E-state index contributed by atoms with van der Waals surface area (Å²) >= 11 is 0. The van der Waals surface area contributed by atoms with Crippen LogP contribution in [0.2, 0.25) is 0 Å². The first kappa shape index (κ1) is 33.3. The summed E-state index contributed by atoms with van der Waals surface area (Å²) in [5, 5.41) is 5.26. The van der Waals surface area contributed by atoms with Crippen molar-refractivity contribution in [1.82, 2.24) is 19.9 Å². The first-order valence-electron chi connectivity index (χ1n) is 15.2. The fraction of sp³-hybridized carbons (Fsp3) is 0.438. The van der Waals surface area contributed by atoms with Crippen molar-refractivity contribution in [3.63, 3.8) is 0 Å². The molecule has 10 nitrogen and oxygen atoms in total. The van der Waals surface area contributed by atoms with Crippen molar-refractivity contribution in [3.05, 3.63) is 72.1 Å². The molecule has 5 rings (SSSR count). The van der Waals surface area contributed by atoms with E-state index in [1.807, 2.05) is 0 Å². The number of hydrogen-bond acceptors (Lipinski definition) is 7. The van der Waals surface area contributed by atoms with Gasteiger partial charge in [0.2, 0.25) is 5.91 Å². The van der Waals surface area contributed by atoms with Crippen LogP contribution in [0.1, 0.15) is 68.0 Å². The van der Waals surface area contributed by atoms with Crippen LogP contribution in [0.25, 0.3) is 11.3 Å². The van der Waals surface area contributed by atoms with Gasteiger partial charge in [-0.1, -0.05) is 43.9 Å². The highest BCUT2D eigenvalue weighted by Crippen LogP contribution is 2.33. The maximum Gasteiger partial charge on any atom is 0.416 e. The summed E-state index contributed by atoms with van der Waals surface area (Å²) in [4.78, 5) is 44.1.